The van der Waals surface area contributed by atoms with Crippen LogP contribution in [0.2, 0.25) is 0 Å². The van der Waals surface area contributed by atoms with Crippen LogP contribution in [0.15, 0.2) is 33.9 Å². The van der Waals surface area contributed by atoms with Crippen molar-refractivity contribution >= 4 is 11.8 Å². The standard InChI is InChI=1S/C16H22N2OS/c1-4-5-13-6-8-14(9-7-13)15(17)10-20-16-18-11(2)12(3)19-16/h6-9,15H,4-5,10,17H2,1-3H3. The maximum absolute atomic E-state index is 6.22. The Morgan fingerprint density at radius 2 is 1.95 bits per heavy atom. The molecule has 0 saturated heterocycles. The quantitative estimate of drug-likeness (QED) is 0.816. The third kappa shape index (κ3) is 3.87. The highest BCUT2D eigenvalue weighted by molar-refractivity contribution is 7.99. The van der Waals surface area contributed by atoms with Crippen LogP contribution in [0.25, 0.3) is 0 Å². The molecule has 0 bridgehead atoms. The average molecular weight is 290 g/mol. The molecule has 3 nitrogen and oxygen atoms in total. The average Bonchev–Trinajstić information content (AvgIpc) is 2.76. The molecular weight excluding hydrogens is 268 g/mol. The predicted octanol–water partition coefficient (Wildman–Crippen LogP) is 4.04. The van der Waals surface area contributed by atoms with Crippen LogP contribution in [0.5, 0.6) is 0 Å². The molecule has 0 aliphatic carbocycles. The molecule has 2 aromatic rings. The second-order valence-electron chi connectivity index (χ2n) is 5.03. The van der Waals surface area contributed by atoms with E-state index in [0.717, 1.165) is 29.2 Å². The van der Waals surface area contributed by atoms with Gasteiger partial charge < -0.3 is 10.2 Å². The van der Waals surface area contributed by atoms with Crippen molar-refractivity contribution in [2.75, 3.05) is 5.75 Å². The number of oxazole rings is 1. The first-order chi connectivity index (χ1) is 9.60. The molecule has 0 aliphatic rings. The van der Waals surface area contributed by atoms with Gasteiger partial charge in [0.25, 0.3) is 5.22 Å². The first kappa shape index (κ1) is 15.1. The van der Waals surface area contributed by atoms with Gasteiger partial charge in [0.05, 0.1) is 5.69 Å². The van der Waals surface area contributed by atoms with Gasteiger partial charge in [0.1, 0.15) is 5.76 Å². The highest BCUT2D eigenvalue weighted by Gasteiger charge is 2.11. The molecule has 2 N–H and O–H groups in total. The van der Waals surface area contributed by atoms with Crippen LogP contribution in [-0.2, 0) is 6.42 Å². The molecule has 0 spiro atoms. The summed E-state index contributed by atoms with van der Waals surface area (Å²) in [6.45, 7) is 6.07. The van der Waals surface area contributed by atoms with Gasteiger partial charge in [-0.05, 0) is 31.4 Å². The molecule has 0 amide bonds. The number of aryl methyl sites for hydroxylation is 3. The molecule has 2 rings (SSSR count). The van der Waals surface area contributed by atoms with E-state index in [0.29, 0.717) is 5.22 Å². The zero-order chi connectivity index (χ0) is 14.5. The van der Waals surface area contributed by atoms with E-state index in [1.54, 1.807) is 11.8 Å². The molecule has 0 saturated carbocycles. The predicted molar refractivity (Wildman–Crippen MR) is 84.1 cm³/mol. The lowest BCUT2D eigenvalue weighted by atomic mass is 10.0. The van der Waals surface area contributed by atoms with E-state index in [9.17, 15) is 0 Å². The van der Waals surface area contributed by atoms with Gasteiger partial charge in [0, 0.05) is 11.8 Å². The van der Waals surface area contributed by atoms with Gasteiger partial charge in [-0.1, -0.05) is 49.4 Å². The fourth-order valence-corrected chi connectivity index (χ4v) is 2.88. The fourth-order valence-electron chi connectivity index (χ4n) is 1.98. The van der Waals surface area contributed by atoms with E-state index in [4.69, 9.17) is 10.2 Å². The molecule has 20 heavy (non-hydrogen) atoms. The summed E-state index contributed by atoms with van der Waals surface area (Å²) in [5, 5.41) is 0.707. The Hall–Kier alpha value is -1.26. The molecule has 0 aliphatic heterocycles. The summed E-state index contributed by atoms with van der Waals surface area (Å²) in [6, 6.07) is 8.60. The van der Waals surface area contributed by atoms with Gasteiger partial charge in [-0.15, -0.1) is 0 Å². The third-order valence-corrected chi connectivity index (χ3v) is 4.29. The second kappa shape index (κ2) is 6.95. The Morgan fingerprint density at radius 1 is 1.25 bits per heavy atom. The Morgan fingerprint density at radius 3 is 2.50 bits per heavy atom. The van der Waals surface area contributed by atoms with E-state index in [2.05, 4.69) is 36.2 Å². The number of rotatable bonds is 6. The molecule has 0 radical (unpaired) electrons. The summed E-state index contributed by atoms with van der Waals surface area (Å²) in [7, 11) is 0. The molecule has 108 valence electrons. The largest absolute Gasteiger partial charge is 0.437 e. The van der Waals surface area contributed by atoms with Crippen molar-refractivity contribution in [3.05, 3.63) is 46.8 Å². The summed E-state index contributed by atoms with van der Waals surface area (Å²) in [4.78, 5) is 4.36. The van der Waals surface area contributed by atoms with Crippen molar-refractivity contribution in [2.45, 2.75) is 44.9 Å². The van der Waals surface area contributed by atoms with Gasteiger partial charge >= 0.3 is 0 Å². The lowest BCUT2D eigenvalue weighted by Gasteiger charge is -2.11. The Labute approximate surface area is 125 Å². The lowest BCUT2D eigenvalue weighted by Crippen LogP contribution is -2.12. The van der Waals surface area contributed by atoms with E-state index in [1.807, 2.05) is 13.8 Å². The van der Waals surface area contributed by atoms with Crippen molar-refractivity contribution in [3.63, 3.8) is 0 Å². The van der Waals surface area contributed by atoms with Crippen molar-refractivity contribution in [2.24, 2.45) is 5.73 Å². The number of aromatic nitrogens is 1. The Balaban J connectivity index is 1.92. The van der Waals surface area contributed by atoms with Crippen LogP contribution >= 0.6 is 11.8 Å². The van der Waals surface area contributed by atoms with Gasteiger partial charge in [-0.3, -0.25) is 0 Å². The first-order valence-electron chi connectivity index (χ1n) is 7.01. The van der Waals surface area contributed by atoms with Crippen LogP contribution in [0.4, 0.5) is 0 Å². The summed E-state index contributed by atoms with van der Waals surface area (Å²) < 4.78 is 5.55. The summed E-state index contributed by atoms with van der Waals surface area (Å²) in [5.74, 6) is 1.65. The Bertz CT molecular complexity index is 529. The normalized spacial score (nSPS) is 12.6. The summed E-state index contributed by atoms with van der Waals surface area (Å²) in [6.07, 6.45) is 2.29. The zero-order valence-electron chi connectivity index (χ0n) is 12.3. The highest BCUT2D eigenvalue weighted by atomic mass is 32.2. The van der Waals surface area contributed by atoms with Crippen LogP contribution in [0, 0.1) is 13.8 Å². The monoisotopic (exact) mass is 290 g/mol. The first-order valence-corrected chi connectivity index (χ1v) is 8.00. The number of thioether (sulfide) groups is 1. The highest BCUT2D eigenvalue weighted by Crippen LogP contribution is 2.24. The van der Waals surface area contributed by atoms with Crippen molar-refractivity contribution in [1.29, 1.82) is 0 Å². The number of hydrogen-bond donors (Lipinski definition) is 1. The molecule has 1 unspecified atom stereocenters. The van der Waals surface area contributed by atoms with Crippen molar-refractivity contribution < 1.29 is 4.42 Å². The number of hydrogen-bond acceptors (Lipinski definition) is 4. The molecule has 1 aromatic carbocycles. The number of nitrogens with two attached hydrogens (primary N) is 1. The minimum Gasteiger partial charge on any atom is -0.437 e. The van der Waals surface area contributed by atoms with Crippen LogP contribution in [-0.4, -0.2) is 10.7 Å². The SMILES string of the molecule is CCCc1ccc(C(N)CSc2nc(C)c(C)o2)cc1. The second-order valence-corrected chi connectivity index (χ2v) is 6.00. The molecule has 4 heteroatoms. The van der Waals surface area contributed by atoms with Crippen molar-refractivity contribution in [1.82, 2.24) is 4.98 Å². The zero-order valence-corrected chi connectivity index (χ0v) is 13.2. The maximum Gasteiger partial charge on any atom is 0.256 e. The van der Waals surface area contributed by atoms with Crippen molar-refractivity contribution in [3.8, 4) is 0 Å². The van der Waals surface area contributed by atoms with E-state index in [-0.39, 0.29) is 6.04 Å². The molecule has 1 heterocycles. The topological polar surface area (TPSA) is 52.0 Å². The molecular formula is C16H22N2OS. The molecule has 1 aromatic heterocycles. The molecule has 1 atom stereocenters. The van der Waals surface area contributed by atoms with E-state index < -0.39 is 0 Å². The fraction of sp³-hybridized carbons (Fsp3) is 0.438. The van der Waals surface area contributed by atoms with Crippen LogP contribution in [0.3, 0.4) is 0 Å². The van der Waals surface area contributed by atoms with Crippen LogP contribution in [0.1, 0.15) is 42.0 Å². The summed E-state index contributed by atoms with van der Waals surface area (Å²) >= 11 is 1.57. The van der Waals surface area contributed by atoms with E-state index in [1.165, 1.54) is 12.0 Å². The Kier molecular flexibility index (Phi) is 5.26. The number of benzene rings is 1. The number of nitrogens with zero attached hydrogens (tertiary/aromatic N) is 1. The smallest absolute Gasteiger partial charge is 0.256 e. The summed E-state index contributed by atoms with van der Waals surface area (Å²) in [5.41, 5.74) is 9.71. The minimum absolute atomic E-state index is 0.00295. The van der Waals surface area contributed by atoms with Crippen LogP contribution < -0.4 is 5.73 Å². The minimum atomic E-state index is 0.00295. The van der Waals surface area contributed by atoms with Gasteiger partial charge in [0.2, 0.25) is 0 Å². The van der Waals surface area contributed by atoms with Gasteiger partial charge in [-0.2, -0.15) is 0 Å². The third-order valence-electron chi connectivity index (χ3n) is 3.34. The maximum atomic E-state index is 6.22. The molecule has 0 fully saturated rings. The lowest BCUT2D eigenvalue weighted by molar-refractivity contribution is 0.431. The van der Waals surface area contributed by atoms with Gasteiger partial charge in [0.15, 0.2) is 0 Å². The van der Waals surface area contributed by atoms with Gasteiger partial charge in [-0.25, -0.2) is 4.98 Å². The van der Waals surface area contributed by atoms with E-state index >= 15 is 0 Å².